The Morgan fingerprint density at radius 3 is 2.06 bits per heavy atom. The highest BCUT2D eigenvalue weighted by molar-refractivity contribution is 7.92. The monoisotopic (exact) mass is 499 g/mol. The predicted molar refractivity (Wildman–Crippen MR) is 130 cm³/mol. The molecule has 2 heterocycles. The highest BCUT2D eigenvalue weighted by Crippen LogP contribution is 2.37. The van der Waals surface area contributed by atoms with Crippen LogP contribution in [0.5, 0.6) is 0 Å². The third kappa shape index (κ3) is 4.01. The summed E-state index contributed by atoms with van der Waals surface area (Å²) in [6.45, 7) is 6.06. The molecule has 3 aromatic rings. The Labute approximate surface area is 201 Å². The number of sulfonamides is 1. The molecule has 0 fully saturated rings. The van der Waals surface area contributed by atoms with Crippen LogP contribution in [0, 0.1) is 0 Å². The molecule has 0 aliphatic carbocycles. The van der Waals surface area contributed by atoms with Crippen LogP contribution in [-0.4, -0.2) is 24.8 Å². The quantitative estimate of drug-likeness (QED) is 0.547. The number of anilines is 2. The van der Waals surface area contributed by atoms with Gasteiger partial charge in [0, 0.05) is 19.3 Å². The minimum absolute atomic E-state index is 0.0101. The van der Waals surface area contributed by atoms with Crippen LogP contribution in [0.3, 0.4) is 0 Å². The van der Waals surface area contributed by atoms with Crippen LogP contribution in [0.15, 0.2) is 64.4 Å². The zero-order valence-electron chi connectivity index (χ0n) is 18.9. The van der Waals surface area contributed by atoms with Gasteiger partial charge in [0.15, 0.2) is 0 Å². The number of carbonyl (C=O) groups excluding carboxylic acids is 2. The van der Waals surface area contributed by atoms with E-state index >= 15 is 0 Å². The van der Waals surface area contributed by atoms with E-state index in [1.165, 1.54) is 54.2 Å². The molecule has 1 aromatic heterocycles. The number of aryl methyl sites for hydroxylation is 1. The molecule has 0 atom stereocenters. The second kappa shape index (κ2) is 8.11. The number of carbonyl (C=O) groups is 2. The molecular weight excluding hydrogens is 478 g/mol. The summed E-state index contributed by atoms with van der Waals surface area (Å²) in [6, 6.07) is 11.7. The largest absolute Gasteiger partial charge is 0.316 e. The molecule has 0 spiro atoms. The van der Waals surface area contributed by atoms with Gasteiger partial charge in [-0.25, -0.2) is 13.3 Å². The van der Waals surface area contributed by atoms with Crippen LogP contribution in [0.25, 0.3) is 0 Å². The van der Waals surface area contributed by atoms with Crippen molar-refractivity contribution in [2.75, 3.05) is 9.62 Å². The Kier molecular flexibility index (Phi) is 5.65. The van der Waals surface area contributed by atoms with E-state index in [0.717, 1.165) is 10.5 Å². The molecule has 0 unspecified atom stereocenters. The molecule has 0 saturated heterocycles. The molecule has 4 rings (SSSR count). The number of rotatable bonds is 4. The second-order valence-electron chi connectivity index (χ2n) is 9.01. The van der Waals surface area contributed by atoms with Gasteiger partial charge in [0.2, 0.25) is 5.56 Å². The van der Waals surface area contributed by atoms with E-state index in [1.807, 2.05) is 20.8 Å². The standard InChI is InChI=1S/C24H22ClN3O5S/c1-24(2,3)14-5-8-16(9-6-14)34(32,33)26-18-11-10-17(25)20-21(18)23(31)28(22(20)30)15-7-12-19(29)27(4)13-15/h5-13,26H,1-4H3. The number of amides is 2. The first-order valence-corrected chi connectivity index (χ1v) is 12.2. The van der Waals surface area contributed by atoms with Gasteiger partial charge in [-0.1, -0.05) is 44.5 Å². The van der Waals surface area contributed by atoms with Crippen molar-refractivity contribution < 1.29 is 18.0 Å². The number of hydrogen-bond donors (Lipinski definition) is 1. The normalized spacial score (nSPS) is 13.9. The molecular formula is C24H22ClN3O5S. The van der Waals surface area contributed by atoms with Gasteiger partial charge < -0.3 is 4.57 Å². The van der Waals surface area contributed by atoms with Gasteiger partial charge in [0.25, 0.3) is 21.8 Å². The van der Waals surface area contributed by atoms with E-state index in [1.54, 1.807) is 12.1 Å². The maximum atomic E-state index is 13.3. The van der Waals surface area contributed by atoms with E-state index < -0.39 is 21.8 Å². The summed E-state index contributed by atoms with van der Waals surface area (Å²) >= 11 is 6.23. The average molecular weight is 500 g/mol. The van der Waals surface area contributed by atoms with Gasteiger partial charge in [-0.15, -0.1) is 0 Å². The third-order valence-electron chi connectivity index (χ3n) is 5.59. The molecule has 1 aliphatic heterocycles. The third-order valence-corrected chi connectivity index (χ3v) is 7.29. The van der Waals surface area contributed by atoms with E-state index in [2.05, 4.69) is 4.72 Å². The predicted octanol–water partition coefficient (Wildman–Crippen LogP) is 3.94. The lowest BCUT2D eigenvalue weighted by Crippen LogP contribution is -2.31. The number of nitrogens with one attached hydrogen (secondary N) is 1. The highest BCUT2D eigenvalue weighted by atomic mass is 35.5. The topological polar surface area (TPSA) is 106 Å². The summed E-state index contributed by atoms with van der Waals surface area (Å²) in [5.74, 6) is -1.46. The first-order valence-electron chi connectivity index (χ1n) is 10.3. The lowest BCUT2D eigenvalue weighted by atomic mass is 9.87. The maximum Gasteiger partial charge on any atom is 0.268 e. The fourth-order valence-electron chi connectivity index (χ4n) is 3.69. The van der Waals surface area contributed by atoms with Crippen molar-refractivity contribution in [1.29, 1.82) is 0 Å². The van der Waals surface area contributed by atoms with E-state index in [4.69, 9.17) is 11.6 Å². The number of pyridine rings is 1. The molecule has 8 nitrogen and oxygen atoms in total. The summed E-state index contributed by atoms with van der Waals surface area (Å²) in [6.07, 6.45) is 1.35. The molecule has 2 amide bonds. The number of fused-ring (bicyclic) bond motifs is 1. The van der Waals surface area contributed by atoms with Crippen molar-refractivity contribution in [1.82, 2.24) is 4.57 Å². The lowest BCUT2D eigenvalue weighted by Gasteiger charge is -2.19. The Bertz CT molecular complexity index is 1500. The number of hydrogen-bond acceptors (Lipinski definition) is 5. The first kappa shape index (κ1) is 23.7. The number of benzene rings is 2. The molecule has 0 saturated carbocycles. The first-order chi connectivity index (χ1) is 15.8. The van der Waals surface area contributed by atoms with Crippen LogP contribution in [0.4, 0.5) is 11.4 Å². The van der Waals surface area contributed by atoms with Gasteiger partial charge >= 0.3 is 0 Å². The Hall–Kier alpha value is -3.43. The smallest absolute Gasteiger partial charge is 0.268 e. The van der Waals surface area contributed by atoms with Crippen LogP contribution >= 0.6 is 11.6 Å². The molecule has 1 N–H and O–H groups in total. The van der Waals surface area contributed by atoms with E-state index in [9.17, 15) is 22.8 Å². The molecule has 0 bridgehead atoms. The van der Waals surface area contributed by atoms with Crippen LogP contribution < -0.4 is 15.2 Å². The van der Waals surface area contributed by atoms with Gasteiger partial charge in [-0.3, -0.25) is 19.1 Å². The van der Waals surface area contributed by atoms with Crippen molar-refractivity contribution in [3.63, 3.8) is 0 Å². The molecule has 2 aromatic carbocycles. The van der Waals surface area contributed by atoms with Crippen molar-refractivity contribution in [3.8, 4) is 0 Å². The van der Waals surface area contributed by atoms with Crippen molar-refractivity contribution in [2.45, 2.75) is 31.1 Å². The molecule has 0 radical (unpaired) electrons. The second-order valence-corrected chi connectivity index (χ2v) is 11.1. The van der Waals surface area contributed by atoms with Crippen LogP contribution in [-0.2, 0) is 22.5 Å². The summed E-state index contributed by atoms with van der Waals surface area (Å²) in [5.41, 5.74) is 0.340. The van der Waals surface area contributed by atoms with Crippen molar-refractivity contribution in [3.05, 3.63) is 86.8 Å². The minimum Gasteiger partial charge on any atom is -0.316 e. The van der Waals surface area contributed by atoms with Gasteiger partial charge in [0.05, 0.1) is 32.4 Å². The van der Waals surface area contributed by atoms with Crippen molar-refractivity contribution in [2.24, 2.45) is 7.05 Å². The summed E-state index contributed by atoms with van der Waals surface area (Å²) < 4.78 is 29.8. The summed E-state index contributed by atoms with van der Waals surface area (Å²) in [7, 11) is -2.58. The average Bonchev–Trinajstić information content (AvgIpc) is 3.03. The maximum absolute atomic E-state index is 13.3. The molecule has 34 heavy (non-hydrogen) atoms. The zero-order chi connectivity index (χ0) is 25.0. The zero-order valence-corrected chi connectivity index (χ0v) is 20.5. The minimum atomic E-state index is -4.07. The van der Waals surface area contributed by atoms with E-state index in [0.29, 0.717) is 0 Å². The fraction of sp³-hybridized carbons (Fsp3) is 0.208. The van der Waals surface area contributed by atoms with Gasteiger partial charge in [-0.05, 0) is 41.3 Å². The van der Waals surface area contributed by atoms with Crippen LogP contribution in [0.2, 0.25) is 5.02 Å². The molecule has 1 aliphatic rings. The number of nitrogens with zero attached hydrogens (tertiary/aromatic N) is 2. The van der Waals surface area contributed by atoms with Crippen molar-refractivity contribution >= 4 is 44.8 Å². The number of imide groups is 1. The number of aromatic nitrogens is 1. The SMILES string of the molecule is Cn1cc(N2C(=O)c3c(Cl)ccc(NS(=O)(=O)c4ccc(C(C)(C)C)cc4)c3C2=O)ccc1=O. The summed E-state index contributed by atoms with van der Waals surface area (Å²) in [5, 5.41) is 0.0122. The van der Waals surface area contributed by atoms with Gasteiger partial charge in [0.1, 0.15) is 0 Å². The number of halogens is 1. The molecule has 10 heteroatoms. The van der Waals surface area contributed by atoms with Gasteiger partial charge in [-0.2, -0.15) is 0 Å². The lowest BCUT2D eigenvalue weighted by molar-refractivity contribution is 0.0926. The Morgan fingerprint density at radius 1 is 0.853 bits per heavy atom. The highest BCUT2D eigenvalue weighted by Gasteiger charge is 2.41. The Balaban J connectivity index is 1.75. The summed E-state index contributed by atoms with van der Waals surface area (Å²) in [4.78, 5) is 39.0. The van der Waals surface area contributed by atoms with E-state index in [-0.39, 0.29) is 43.4 Å². The van der Waals surface area contributed by atoms with Crippen LogP contribution in [0.1, 0.15) is 47.1 Å². The Morgan fingerprint density at radius 2 is 1.47 bits per heavy atom. The fourth-order valence-corrected chi connectivity index (χ4v) is 5.00. The molecule has 176 valence electrons.